The van der Waals surface area contributed by atoms with E-state index in [0.717, 1.165) is 16.7 Å². The molecule has 2 aromatic rings. The number of rotatable bonds is 8. The minimum Gasteiger partial charge on any atom is -0.491 e. The van der Waals surface area contributed by atoms with Crippen molar-refractivity contribution in [2.45, 2.75) is 5.88 Å². The molecule has 108 valence electrons. The largest absolute Gasteiger partial charge is 0.491 e. The van der Waals surface area contributed by atoms with Crippen LogP contribution in [0.1, 0.15) is 5.56 Å². The molecular formula is C16H19ClO3. The van der Waals surface area contributed by atoms with Crippen molar-refractivity contribution >= 4 is 22.4 Å². The maximum absolute atomic E-state index is 6.06. The summed E-state index contributed by atoms with van der Waals surface area (Å²) >= 11 is 6.06. The fourth-order valence-corrected chi connectivity index (χ4v) is 2.32. The van der Waals surface area contributed by atoms with Crippen LogP contribution in [-0.2, 0) is 15.4 Å². The Morgan fingerprint density at radius 2 is 1.75 bits per heavy atom. The second-order valence-electron chi connectivity index (χ2n) is 4.35. The van der Waals surface area contributed by atoms with Gasteiger partial charge in [0.15, 0.2) is 0 Å². The second kappa shape index (κ2) is 8.10. The average molecular weight is 295 g/mol. The Balaban J connectivity index is 1.99. The Morgan fingerprint density at radius 3 is 2.55 bits per heavy atom. The summed E-state index contributed by atoms with van der Waals surface area (Å²) in [5.41, 5.74) is 1.03. The van der Waals surface area contributed by atoms with Crippen LogP contribution in [0.15, 0.2) is 36.4 Å². The normalized spacial score (nSPS) is 10.9. The molecule has 0 unspecified atom stereocenters. The molecule has 0 aromatic heterocycles. The molecule has 3 nitrogen and oxygen atoms in total. The Kier molecular flexibility index (Phi) is 6.12. The Hall–Kier alpha value is -1.29. The number of hydrogen-bond acceptors (Lipinski definition) is 3. The lowest BCUT2D eigenvalue weighted by atomic mass is 10.0. The van der Waals surface area contributed by atoms with Crippen LogP contribution in [0.25, 0.3) is 10.8 Å². The first-order valence-corrected chi connectivity index (χ1v) is 7.16. The van der Waals surface area contributed by atoms with Gasteiger partial charge in [0.05, 0.1) is 25.7 Å². The van der Waals surface area contributed by atoms with Gasteiger partial charge in [0.2, 0.25) is 0 Å². The van der Waals surface area contributed by atoms with Gasteiger partial charge in [-0.1, -0.05) is 30.3 Å². The highest BCUT2D eigenvalue weighted by Crippen LogP contribution is 2.29. The lowest BCUT2D eigenvalue weighted by molar-refractivity contribution is 0.0543. The van der Waals surface area contributed by atoms with Crippen molar-refractivity contribution in [3.63, 3.8) is 0 Å². The number of methoxy groups -OCH3 is 1. The summed E-state index contributed by atoms with van der Waals surface area (Å²) in [6, 6.07) is 12.2. The predicted molar refractivity (Wildman–Crippen MR) is 81.7 cm³/mol. The van der Waals surface area contributed by atoms with E-state index in [1.807, 2.05) is 24.3 Å². The van der Waals surface area contributed by atoms with Crippen molar-refractivity contribution in [2.24, 2.45) is 0 Å². The summed E-state index contributed by atoms with van der Waals surface area (Å²) in [5.74, 6) is 1.26. The standard InChI is InChI=1S/C16H19ClO3/c1-18-8-9-19-10-11-20-16-7-6-13-4-2-3-5-14(13)15(16)12-17/h2-7H,8-12H2,1H3. The fourth-order valence-electron chi connectivity index (χ4n) is 2.04. The lowest BCUT2D eigenvalue weighted by Gasteiger charge is -2.12. The second-order valence-corrected chi connectivity index (χ2v) is 4.62. The van der Waals surface area contributed by atoms with E-state index < -0.39 is 0 Å². The molecular weight excluding hydrogens is 276 g/mol. The number of ether oxygens (including phenoxy) is 3. The first kappa shape index (κ1) is 15.1. The number of hydrogen-bond donors (Lipinski definition) is 0. The van der Waals surface area contributed by atoms with E-state index in [-0.39, 0.29) is 0 Å². The molecule has 0 amide bonds. The average Bonchev–Trinajstić information content (AvgIpc) is 2.50. The third-order valence-electron chi connectivity index (χ3n) is 3.05. The smallest absolute Gasteiger partial charge is 0.124 e. The van der Waals surface area contributed by atoms with Crippen LogP contribution < -0.4 is 4.74 Å². The molecule has 4 heteroatoms. The van der Waals surface area contributed by atoms with Crippen molar-refractivity contribution in [2.75, 3.05) is 33.5 Å². The van der Waals surface area contributed by atoms with Gasteiger partial charge in [-0.05, 0) is 16.8 Å². The Bertz CT molecular complexity index is 542. The van der Waals surface area contributed by atoms with Crippen molar-refractivity contribution in [3.05, 3.63) is 42.0 Å². The van der Waals surface area contributed by atoms with Crippen LogP contribution in [0.5, 0.6) is 5.75 Å². The molecule has 0 bridgehead atoms. The number of benzene rings is 2. The number of fused-ring (bicyclic) bond motifs is 1. The van der Waals surface area contributed by atoms with Crippen molar-refractivity contribution in [1.82, 2.24) is 0 Å². The molecule has 0 radical (unpaired) electrons. The van der Waals surface area contributed by atoms with Gasteiger partial charge >= 0.3 is 0 Å². The minimum absolute atomic E-state index is 0.432. The first-order valence-electron chi connectivity index (χ1n) is 6.63. The Labute approximate surface area is 124 Å². The van der Waals surface area contributed by atoms with Gasteiger partial charge in [-0.2, -0.15) is 0 Å². The molecule has 0 heterocycles. The van der Waals surface area contributed by atoms with Gasteiger partial charge in [-0.3, -0.25) is 0 Å². The first-order chi connectivity index (χ1) is 9.86. The van der Waals surface area contributed by atoms with E-state index in [0.29, 0.717) is 32.3 Å². The van der Waals surface area contributed by atoms with Gasteiger partial charge < -0.3 is 14.2 Å². The number of alkyl halides is 1. The Morgan fingerprint density at radius 1 is 0.950 bits per heavy atom. The van der Waals surface area contributed by atoms with E-state index in [1.165, 1.54) is 5.39 Å². The van der Waals surface area contributed by atoms with E-state index >= 15 is 0 Å². The third kappa shape index (κ3) is 3.85. The van der Waals surface area contributed by atoms with Crippen molar-refractivity contribution < 1.29 is 14.2 Å². The highest BCUT2D eigenvalue weighted by Gasteiger charge is 2.07. The molecule has 0 spiro atoms. The van der Waals surface area contributed by atoms with Gasteiger partial charge in [-0.25, -0.2) is 0 Å². The zero-order valence-electron chi connectivity index (χ0n) is 11.6. The molecule has 2 rings (SSSR count). The fraction of sp³-hybridized carbons (Fsp3) is 0.375. The van der Waals surface area contributed by atoms with Crippen LogP contribution in [0.2, 0.25) is 0 Å². The van der Waals surface area contributed by atoms with Crippen molar-refractivity contribution in [1.29, 1.82) is 0 Å². The van der Waals surface area contributed by atoms with Gasteiger partial charge in [0.25, 0.3) is 0 Å². The van der Waals surface area contributed by atoms with Crippen LogP contribution in [-0.4, -0.2) is 33.5 Å². The zero-order chi connectivity index (χ0) is 14.2. The minimum atomic E-state index is 0.432. The maximum atomic E-state index is 6.06. The summed E-state index contributed by atoms with van der Waals surface area (Å²) in [6.07, 6.45) is 0. The predicted octanol–water partition coefficient (Wildman–Crippen LogP) is 3.62. The third-order valence-corrected chi connectivity index (χ3v) is 3.32. The summed E-state index contributed by atoms with van der Waals surface area (Å²) < 4.78 is 16.0. The summed E-state index contributed by atoms with van der Waals surface area (Å²) in [5, 5.41) is 2.31. The van der Waals surface area contributed by atoms with Crippen molar-refractivity contribution in [3.8, 4) is 5.75 Å². The molecule has 0 fully saturated rings. The van der Waals surface area contributed by atoms with Crippen LogP contribution in [0, 0.1) is 0 Å². The maximum Gasteiger partial charge on any atom is 0.124 e. The van der Waals surface area contributed by atoms with Gasteiger partial charge in [0.1, 0.15) is 12.4 Å². The highest BCUT2D eigenvalue weighted by molar-refractivity contribution is 6.18. The van der Waals surface area contributed by atoms with E-state index in [2.05, 4.69) is 12.1 Å². The topological polar surface area (TPSA) is 27.7 Å². The monoisotopic (exact) mass is 294 g/mol. The molecule has 2 aromatic carbocycles. The summed E-state index contributed by atoms with van der Waals surface area (Å²) in [6.45, 7) is 2.23. The molecule has 0 atom stereocenters. The van der Waals surface area contributed by atoms with E-state index in [4.69, 9.17) is 25.8 Å². The van der Waals surface area contributed by atoms with E-state index in [1.54, 1.807) is 7.11 Å². The molecule has 0 N–H and O–H groups in total. The zero-order valence-corrected chi connectivity index (χ0v) is 12.4. The molecule has 0 aliphatic heterocycles. The SMILES string of the molecule is COCCOCCOc1ccc2ccccc2c1CCl. The molecule has 0 aliphatic rings. The molecule has 0 saturated carbocycles. The highest BCUT2D eigenvalue weighted by atomic mass is 35.5. The van der Waals surface area contributed by atoms with Crippen LogP contribution >= 0.6 is 11.6 Å². The van der Waals surface area contributed by atoms with Crippen LogP contribution in [0.4, 0.5) is 0 Å². The summed E-state index contributed by atoms with van der Waals surface area (Å²) in [7, 11) is 1.65. The van der Waals surface area contributed by atoms with Gasteiger partial charge in [0, 0.05) is 12.7 Å². The molecule has 0 aliphatic carbocycles. The number of halogens is 1. The van der Waals surface area contributed by atoms with E-state index in [9.17, 15) is 0 Å². The van der Waals surface area contributed by atoms with Crippen LogP contribution in [0.3, 0.4) is 0 Å². The van der Waals surface area contributed by atoms with Gasteiger partial charge in [-0.15, -0.1) is 11.6 Å². The molecule has 0 saturated heterocycles. The quantitative estimate of drug-likeness (QED) is 0.550. The lowest BCUT2D eigenvalue weighted by Crippen LogP contribution is -2.10. The molecule has 20 heavy (non-hydrogen) atoms. The summed E-state index contributed by atoms with van der Waals surface area (Å²) in [4.78, 5) is 0.